The van der Waals surface area contributed by atoms with Gasteiger partial charge in [0.1, 0.15) is 5.82 Å². The van der Waals surface area contributed by atoms with Crippen LogP contribution >= 0.6 is 23.5 Å². The number of ether oxygens (including phenoxy) is 1. The second-order valence-corrected chi connectivity index (χ2v) is 6.42. The number of hydrogen-bond acceptors (Lipinski definition) is 4. The van der Waals surface area contributed by atoms with E-state index in [-0.39, 0.29) is 17.0 Å². The van der Waals surface area contributed by atoms with Gasteiger partial charge in [0, 0.05) is 21.7 Å². The molecule has 0 bridgehead atoms. The third-order valence-corrected chi connectivity index (χ3v) is 4.75. The summed E-state index contributed by atoms with van der Waals surface area (Å²) in [6.07, 6.45) is 0.422. The number of rotatable bonds is 7. The van der Waals surface area contributed by atoms with Crippen molar-refractivity contribution in [3.05, 3.63) is 30.1 Å². The number of hydrogen-bond donors (Lipinski definition) is 0. The molecule has 18 heavy (non-hydrogen) atoms. The van der Waals surface area contributed by atoms with Crippen LogP contribution in [0.3, 0.4) is 0 Å². The fourth-order valence-corrected chi connectivity index (χ4v) is 3.31. The monoisotopic (exact) mass is 288 g/mol. The summed E-state index contributed by atoms with van der Waals surface area (Å²) >= 11 is 3.20. The van der Waals surface area contributed by atoms with Crippen LogP contribution in [0.5, 0.6) is 0 Å². The van der Waals surface area contributed by atoms with Crippen molar-refractivity contribution in [3.63, 3.8) is 0 Å². The van der Waals surface area contributed by atoms with Crippen molar-refractivity contribution in [2.24, 2.45) is 0 Å². The Morgan fingerprint density at radius 3 is 2.78 bits per heavy atom. The van der Waals surface area contributed by atoms with Crippen molar-refractivity contribution in [3.8, 4) is 0 Å². The molecule has 0 aliphatic heterocycles. The topological polar surface area (TPSA) is 26.3 Å². The first-order valence-electron chi connectivity index (χ1n) is 5.69. The van der Waals surface area contributed by atoms with Gasteiger partial charge in [0.25, 0.3) is 0 Å². The Hall–Kier alpha value is -0.680. The van der Waals surface area contributed by atoms with E-state index in [0.717, 1.165) is 11.5 Å². The minimum atomic E-state index is -0.184. The Balaban J connectivity index is 2.19. The molecule has 0 aliphatic rings. The smallest absolute Gasteiger partial charge is 0.306 e. The third kappa shape index (κ3) is 5.78. The molecular weight excluding hydrogens is 271 g/mol. The quantitative estimate of drug-likeness (QED) is 0.435. The van der Waals surface area contributed by atoms with Crippen molar-refractivity contribution in [2.45, 2.75) is 23.5 Å². The highest BCUT2D eigenvalue weighted by atomic mass is 32.2. The normalized spacial score (nSPS) is 12.2. The maximum absolute atomic E-state index is 13.3. The van der Waals surface area contributed by atoms with Crippen LogP contribution in [-0.2, 0) is 9.53 Å². The van der Waals surface area contributed by atoms with Gasteiger partial charge in [-0.1, -0.05) is 19.1 Å². The van der Waals surface area contributed by atoms with E-state index in [4.69, 9.17) is 0 Å². The molecule has 100 valence electrons. The number of halogens is 1. The Bertz CT molecular complexity index is 385. The van der Waals surface area contributed by atoms with Gasteiger partial charge < -0.3 is 4.74 Å². The second-order valence-electron chi connectivity index (χ2n) is 3.74. The predicted octanol–water partition coefficient (Wildman–Crippen LogP) is 3.60. The molecule has 1 aromatic rings. The molecule has 1 rings (SSSR count). The summed E-state index contributed by atoms with van der Waals surface area (Å²) in [5.41, 5.74) is 0. The highest BCUT2D eigenvalue weighted by Crippen LogP contribution is 2.23. The molecule has 0 spiro atoms. The van der Waals surface area contributed by atoms with E-state index in [9.17, 15) is 9.18 Å². The van der Waals surface area contributed by atoms with Gasteiger partial charge in [-0.2, -0.15) is 11.8 Å². The highest BCUT2D eigenvalue weighted by Gasteiger charge is 2.09. The summed E-state index contributed by atoms with van der Waals surface area (Å²) < 4.78 is 17.9. The van der Waals surface area contributed by atoms with Crippen molar-refractivity contribution in [1.82, 2.24) is 0 Å². The van der Waals surface area contributed by atoms with Gasteiger partial charge in [0.05, 0.1) is 13.5 Å². The lowest BCUT2D eigenvalue weighted by Gasteiger charge is -2.09. The number of carbonyl (C=O) groups excluding carboxylic acids is 1. The number of carbonyl (C=O) groups is 1. The molecule has 2 nitrogen and oxygen atoms in total. The molecule has 0 aliphatic carbocycles. The minimum Gasteiger partial charge on any atom is -0.469 e. The van der Waals surface area contributed by atoms with Crippen LogP contribution in [0, 0.1) is 5.82 Å². The average Bonchev–Trinajstić information content (AvgIpc) is 2.36. The molecule has 0 heterocycles. The largest absolute Gasteiger partial charge is 0.469 e. The van der Waals surface area contributed by atoms with Gasteiger partial charge in [-0.3, -0.25) is 4.79 Å². The van der Waals surface area contributed by atoms with Crippen LogP contribution in [0.2, 0.25) is 0 Å². The third-order valence-electron chi connectivity index (χ3n) is 2.26. The SMILES string of the molecule is COC(=O)CC(C)SCCSc1ccccc1F. The molecule has 0 N–H and O–H groups in total. The Morgan fingerprint density at radius 1 is 1.39 bits per heavy atom. The lowest BCUT2D eigenvalue weighted by molar-refractivity contribution is -0.140. The summed E-state index contributed by atoms with van der Waals surface area (Å²) in [7, 11) is 1.40. The molecule has 5 heteroatoms. The Kier molecular flexibility index (Phi) is 7.20. The van der Waals surface area contributed by atoms with Gasteiger partial charge in [0.2, 0.25) is 0 Å². The molecule has 0 saturated carbocycles. The van der Waals surface area contributed by atoms with Gasteiger partial charge in [0.15, 0.2) is 0 Å². The Labute approximate surface area is 116 Å². The molecule has 0 fully saturated rings. The number of methoxy groups -OCH3 is 1. The molecular formula is C13H17FO2S2. The first-order valence-corrected chi connectivity index (χ1v) is 7.72. The standard InChI is InChI=1S/C13H17FO2S2/c1-10(9-13(15)16-2)17-7-8-18-12-6-4-3-5-11(12)14/h3-6,10H,7-9H2,1-2H3. The molecule has 0 aromatic heterocycles. The zero-order valence-electron chi connectivity index (χ0n) is 10.5. The van der Waals surface area contributed by atoms with Crippen LogP contribution in [0.1, 0.15) is 13.3 Å². The number of esters is 1. The zero-order valence-corrected chi connectivity index (χ0v) is 12.2. The highest BCUT2D eigenvalue weighted by molar-refractivity contribution is 8.03. The summed E-state index contributed by atoms with van der Waals surface area (Å²) in [6.45, 7) is 2.00. The first-order chi connectivity index (χ1) is 8.63. The molecule has 0 radical (unpaired) electrons. The van der Waals surface area contributed by atoms with Gasteiger partial charge in [-0.15, -0.1) is 11.8 Å². The second kappa shape index (κ2) is 8.43. The number of thioether (sulfide) groups is 2. The van der Waals surface area contributed by atoms with Crippen molar-refractivity contribution >= 4 is 29.5 Å². The van der Waals surface area contributed by atoms with Gasteiger partial charge in [-0.05, 0) is 12.1 Å². The Morgan fingerprint density at radius 2 is 2.11 bits per heavy atom. The maximum atomic E-state index is 13.3. The fraction of sp³-hybridized carbons (Fsp3) is 0.462. The van der Waals surface area contributed by atoms with E-state index in [0.29, 0.717) is 11.3 Å². The lowest BCUT2D eigenvalue weighted by atomic mass is 10.3. The average molecular weight is 288 g/mol. The van der Waals surface area contributed by atoms with Crippen LogP contribution in [0.15, 0.2) is 29.2 Å². The molecule has 0 saturated heterocycles. The van der Waals surface area contributed by atoms with Crippen LogP contribution in [0.4, 0.5) is 4.39 Å². The fourth-order valence-electron chi connectivity index (χ4n) is 1.34. The lowest BCUT2D eigenvalue weighted by Crippen LogP contribution is -2.09. The first kappa shape index (κ1) is 15.4. The van der Waals surface area contributed by atoms with E-state index >= 15 is 0 Å². The van der Waals surface area contributed by atoms with Crippen LogP contribution in [-0.4, -0.2) is 29.8 Å². The zero-order chi connectivity index (χ0) is 13.4. The minimum absolute atomic E-state index is 0.171. The molecule has 1 unspecified atom stereocenters. The summed E-state index contributed by atoms with van der Waals surface area (Å²) in [5.74, 6) is 1.36. The molecule has 1 aromatic carbocycles. The summed E-state index contributed by atoms with van der Waals surface area (Å²) in [4.78, 5) is 11.7. The van der Waals surface area contributed by atoms with Crippen LogP contribution in [0.25, 0.3) is 0 Å². The van der Waals surface area contributed by atoms with E-state index < -0.39 is 0 Å². The van der Waals surface area contributed by atoms with E-state index in [1.54, 1.807) is 23.9 Å². The molecule has 1 atom stereocenters. The molecule has 0 amide bonds. The van der Waals surface area contributed by atoms with Crippen LogP contribution < -0.4 is 0 Å². The van der Waals surface area contributed by atoms with Crippen molar-refractivity contribution in [1.29, 1.82) is 0 Å². The van der Waals surface area contributed by atoms with Crippen molar-refractivity contribution < 1.29 is 13.9 Å². The summed E-state index contributed by atoms with van der Waals surface area (Å²) in [6, 6.07) is 6.77. The van der Waals surface area contributed by atoms with E-state index in [1.807, 2.05) is 13.0 Å². The number of benzene rings is 1. The van der Waals surface area contributed by atoms with Gasteiger partial charge >= 0.3 is 5.97 Å². The van der Waals surface area contributed by atoms with Crippen molar-refractivity contribution in [2.75, 3.05) is 18.6 Å². The maximum Gasteiger partial charge on any atom is 0.306 e. The van der Waals surface area contributed by atoms with E-state index in [2.05, 4.69) is 4.74 Å². The predicted molar refractivity (Wildman–Crippen MR) is 75.7 cm³/mol. The van der Waals surface area contributed by atoms with Gasteiger partial charge in [-0.25, -0.2) is 4.39 Å². The van der Waals surface area contributed by atoms with E-state index in [1.165, 1.54) is 24.9 Å². The summed E-state index contributed by atoms with van der Waals surface area (Å²) in [5, 5.41) is 0.235.